The van der Waals surface area contributed by atoms with E-state index < -0.39 is 11.6 Å². The standard InChI is InChI=1S/C31H37N3O4/c1-5-6-20-33-28(13-9-10-23-15-18-27(19-16-23)38-31(2,3)29(35)37-4)32-34(30(33)36)22-24-14-17-25-11-7-8-12-26(25)21-24/h7-8,11-12,14-19,21H,5-6,9-10,13,20,22H2,1-4H3. The van der Waals surface area contributed by atoms with Gasteiger partial charge in [0.05, 0.1) is 13.7 Å². The van der Waals surface area contributed by atoms with Gasteiger partial charge < -0.3 is 9.47 Å². The maximum absolute atomic E-state index is 13.2. The second-order valence-corrected chi connectivity index (χ2v) is 10.1. The summed E-state index contributed by atoms with van der Waals surface area (Å²) in [7, 11) is 1.35. The Labute approximate surface area is 224 Å². The zero-order chi connectivity index (χ0) is 27.1. The van der Waals surface area contributed by atoms with Crippen LogP contribution >= 0.6 is 0 Å². The molecule has 0 spiro atoms. The molecule has 200 valence electrons. The smallest absolute Gasteiger partial charge is 0.349 e. The number of rotatable bonds is 12. The SMILES string of the molecule is CCCCn1c(CCCc2ccc(OC(C)(C)C(=O)OC)cc2)nn(Cc2ccc3ccccc3c2)c1=O. The largest absolute Gasteiger partial charge is 0.476 e. The van der Waals surface area contributed by atoms with Crippen LogP contribution in [0.25, 0.3) is 10.8 Å². The van der Waals surface area contributed by atoms with Crippen LogP contribution in [-0.2, 0) is 35.5 Å². The molecule has 1 heterocycles. The van der Waals surface area contributed by atoms with Gasteiger partial charge in [0, 0.05) is 13.0 Å². The van der Waals surface area contributed by atoms with Crippen molar-refractivity contribution in [3.05, 3.63) is 94.2 Å². The zero-order valence-electron chi connectivity index (χ0n) is 22.8. The van der Waals surface area contributed by atoms with Crippen molar-refractivity contribution in [3.63, 3.8) is 0 Å². The average molecular weight is 516 g/mol. The third kappa shape index (κ3) is 6.52. The van der Waals surface area contributed by atoms with Crippen LogP contribution in [-0.4, -0.2) is 33.0 Å². The summed E-state index contributed by atoms with van der Waals surface area (Å²) in [6.07, 6.45) is 4.39. The number of benzene rings is 3. The molecule has 0 bridgehead atoms. The molecule has 0 saturated carbocycles. The number of aryl methyl sites for hydroxylation is 2. The first-order valence-electron chi connectivity index (χ1n) is 13.3. The topological polar surface area (TPSA) is 75.3 Å². The van der Waals surface area contributed by atoms with Crippen LogP contribution in [0.2, 0.25) is 0 Å². The molecular formula is C31H37N3O4. The van der Waals surface area contributed by atoms with E-state index in [4.69, 9.17) is 14.6 Å². The summed E-state index contributed by atoms with van der Waals surface area (Å²) in [5, 5.41) is 7.10. The molecule has 0 aliphatic carbocycles. The molecule has 4 rings (SSSR count). The molecule has 0 aliphatic rings. The molecule has 0 atom stereocenters. The summed E-state index contributed by atoms with van der Waals surface area (Å²) in [4.78, 5) is 25.1. The predicted molar refractivity (Wildman–Crippen MR) is 150 cm³/mol. The molecule has 0 fully saturated rings. The molecule has 0 saturated heterocycles. The first-order chi connectivity index (χ1) is 18.3. The molecule has 0 unspecified atom stereocenters. The van der Waals surface area contributed by atoms with Crippen molar-refractivity contribution in [2.24, 2.45) is 0 Å². The highest BCUT2D eigenvalue weighted by Crippen LogP contribution is 2.21. The van der Waals surface area contributed by atoms with Crippen LogP contribution in [0.5, 0.6) is 5.75 Å². The number of methoxy groups -OCH3 is 1. The molecule has 0 N–H and O–H groups in total. The molecule has 3 aromatic carbocycles. The van der Waals surface area contributed by atoms with Crippen LogP contribution in [0.4, 0.5) is 0 Å². The summed E-state index contributed by atoms with van der Waals surface area (Å²) in [6.45, 7) is 6.64. The number of esters is 1. The van der Waals surface area contributed by atoms with Crippen LogP contribution in [0.1, 0.15) is 57.0 Å². The van der Waals surface area contributed by atoms with E-state index in [2.05, 4.69) is 37.3 Å². The van der Waals surface area contributed by atoms with Gasteiger partial charge in [-0.05, 0) is 73.2 Å². The number of unbranched alkanes of at least 4 members (excludes halogenated alkanes) is 1. The van der Waals surface area contributed by atoms with Gasteiger partial charge in [0.2, 0.25) is 0 Å². The monoisotopic (exact) mass is 515 g/mol. The zero-order valence-corrected chi connectivity index (χ0v) is 22.8. The Morgan fingerprint density at radius 3 is 2.34 bits per heavy atom. The fraction of sp³-hybridized carbons (Fsp3) is 0.387. The number of aromatic nitrogens is 3. The number of nitrogens with zero attached hydrogens (tertiary/aromatic N) is 3. The van der Waals surface area contributed by atoms with Gasteiger partial charge >= 0.3 is 11.7 Å². The van der Waals surface area contributed by atoms with Gasteiger partial charge in [-0.15, -0.1) is 0 Å². The second-order valence-electron chi connectivity index (χ2n) is 10.1. The van der Waals surface area contributed by atoms with Crippen LogP contribution in [0.15, 0.2) is 71.5 Å². The van der Waals surface area contributed by atoms with Crippen LogP contribution in [0.3, 0.4) is 0 Å². The van der Waals surface area contributed by atoms with Crippen molar-refractivity contribution in [2.75, 3.05) is 7.11 Å². The van der Waals surface area contributed by atoms with Crippen molar-refractivity contribution >= 4 is 16.7 Å². The number of hydrogen-bond acceptors (Lipinski definition) is 5. The number of ether oxygens (including phenoxy) is 2. The summed E-state index contributed by atoms with van der Waals surface area (Å²) in [5.41, 5.74) is 1.13. The Balaban J connectivity index is 1.42. The highest BCUT2D eigenvalue weighted by molar-refractivity contribution is 5.83. The number of carbonyl (C=O) groups is 1. The molecule has 0 radical (unpaired) electrons. The Kier molecular flexibility index (Phi) is 8.66. The van der Waals surface area contributed by atoms with Crippen molar-refractivity contribution in [1.82, 2.24) is 14.3 Å². The van der Waals surface area contributed by atoms with E-state index in [0.29, 0.717) is 18.8 Å². The minimum atomic E-state index is -1.05. The first kappa shape index (κ1) is 27.2. The van der Waals surface area contributed by atoms with Gasteiger partial charge in [-0.2, -0.15) is 5.10 Å². The summed E-state index contributed by atoms with van der Waals surface area (Å²) in [6, 6.07) is 22.3. The Hall–Kier alpha value is -3.87. The summed E-state index contributed by atoms with van der Waals surface area (Å²) < 4.78 is 14.0. The maximum atomic E-state index is 13.2. The van der Waals surface area contributed by atoms with E-state index in [1.165, 1.54) is 12.5 Å². The molecule has 1 aromatic heterocycles. The van der Waals surface area contributed by atoms with E-state index in [9.17, 15) is 9.59 Å². The summed E-state index contributed by atoms with van der Waals surface area (Å²) >= 11 is 0. The van der Waals surface area contributed by atoms with E-state index in [-0.39, 0.29) is 5.69 Å². The van der Waals surface area contributed by atoms with Gasteiger partial charge in [0.25, 0.3) is 0 Å². The highest BCUT2D eigenvalue weighted by atomic mass is 16.6. The first-order valence-corrected chi connectivity index (χ1v) is 13.3. The molecule has 0 aliphatic heterocycles. The lowest BCUT2D eigenvalue weighted by Gasteiger charge is -2.23. The Bertz CT molecular complexity index is 1430. The van der Waals surface area contributed by atoms with Crippen LogP contribution < -0.4 is 10.4 Å². The lowest BCUT2D eigenvalue weighted by molar-refractivity contribution is -0.156. The Morgan fingerprint density at radius 1 is 0.921 bits per heavy atom. The number of hydrogen-bond donors (Lipinski definition) is 0. The van der Waals surface area contributed by atoms with Crippen LogP contribution in [0, 0.1) is 0 Å². The quantitative estimate of drug-likeness (QED) is 0.231. The van der Waals surface area contributed by atoms with E-state index in [1.807, 2.05) is 41.0 Å². The van der Waals surface area contributed by atoms with E-state index in [0.717, 1.165) is 54.4 Å². The van der Waals surface area contributed by atoms with Crippen molar-refractivity contribution in [2.45, 2.75) is 71.6 Å². The fourth-order valence-electron chi connectivity index (χ4n) is 4.58. The molecule has 0 amide bonds. The molecule has 7 nitrogen and oxygen atoms in total. The van der Waals surface area contributed by atoms with Gasteiger partial charge in [-0.25, -0.2) is 14.3 Å². The third-order valence-electron chi connectivity index (χ3n) is 6.72. The van der Waals surface area contributed by atoms with Gasteiger partial charge in [0.1, 0.15) is 11.6 Å². The lowest BCUT2D eigenvalue weighted by atomic mass is 10.1. The highest BCUT2D eigenvalue weighted by Gasteiger charge is 2.31. The van der Waals surface area contributed by atoms with Gasteiger partial charge in [-0.1, -0.05) is 61.9 Å². The maximum Gasteiger partial charge on any atom is 0.349 e. The molecular weight excluding hydrogens is 478 g/mol. The summed E-state index contributed by atoms with van der Waals surface area (Å²) in [5.74, 6) is 1.03. The normalized spacial score (nSPS) is 11.6. The fourth-order valence-corrected chi connectivity index (χ4v) is 4.58. The third-order valence-corrected chi connectivity index (χ3v) is 6.72. The molecule has 7 heteroatoms. The predicted octanol–water partition coefficient (Wildman–Crippen LogP) is 5.55. The Morgan fingerprint density at radius 2 is 1.63 bits per heavy atom. The van der Waals surface area contributed by atoms with Gasteiger partial charge in [0.15, 0.2) is 5.60 Å². The van der Waals surface area contributed by atoms with Crippen molar-refractivity contribution < 1.29 is 14.3 Å². The number of fused-ring (bicyclic) bond motifs is 1. The van der Waals surface area contributed by atoms with E-state index in [1.54, 1.807) is 18.5 Å². The average Bonchev–Trinajstić information content (AvgIpc) is 3.21. The van der Waals surface area contributed by atoms with Crippen molar-refractivity contribution in [1.29, 1.82) is 0 Å². The molecule has 4 aromatic rings. The van der Waals surface area contributed by atoms with Crippen molar-refractivity contribution in [3.8, 4) is 5.75 Å². The van der Waals surface area contributed by atoms with E-state index >= 15 is 0 Å². The minimum Gasteiger partial charge on any atom is -0.476 e. The second kappa shape index (κ2) is 12.1. The molecule has 38 heavy (non-hydrogen) atoms. The minimum absolute atomic E-state index is 0.0451. The number of carbonyl (C=O) groups excluding carboxylic acids is 1. The lowest BCUT2D eigenvalue weighted by Crippen LogP contribution is -2.39. The van der Waals surface area contributed by atoms with Gasteiger partial charge in [-0.3, -0.25) is 4.57 Å².